The van der Waals surface area contributed by atoms with Crippen LogP contribution >= 0.6 is 0 Å². The fraction of sp³-hybridized carbons (Fsp3) is 0.381. The van der Waals surface area contributed by atoms with Gasteiger partial charge in [0.2, 0.25) is 0 Å². The molecule has 0 radical (unpaired) electrons. The van der Waals surface area contributed by atoms with Crippen molar-refractivity contribution in [3.05, 3.63) is 58.7 Å². The van der Waals surface area contributed by atoms with E-state index in [1.807, 2.05) is 37.3 Å². The van der Waals surface area contributed by atoms with Gasteiger partial charge in [-0.15, -0.1) is 0 Å². The molecule has 1 unspecified atom stereocenters. The molecule has 0 aliphatic carbocycles. The maximum atomic E-state index is 12.1. The lowest BCUT2D eigenvalue weighted by Gasteiger charge is -2.24. The van der Waals surface area contributed by atoms with Crippen molar-refractivity contribution in [2.75, 3.05) is 38.5 Å². The highest BCUT2D eigenvalue weighted by Crippen LogP contribution is 2.34. The van der Waals surface area contributed by atoms with E-state index in [0.717, 1.165) is 36.3 Å². The first-order valence-electron chi connectivity index (χ1n) is 9.23. The van der Waals surface area contributed by atoms with Crippen molar-refractivity contribution in [2.24, 2.45) is 0 Å². The number of esters is 1. The average Bonchev–Trinajstić information content (AvgIpc) is 2.70. The third kappa shape index (κ3) is 4.23. The summed E-state index contributed by atoms with van der Waals surface area (Å²) in [5.41, 5.74) is 15.7. The van der Waals surface area contributed by atoms with E-state index in [2.05, 4.69) is 28.9 Å². The first kappa shape index (κ1) is 19.2. The highest BCUT2D eigenvalue weighted by atomic mass is 16.5. The summed E-state index contributed by atoms with van der Waals surface area (Å²) in [5, 5.41) is 5.27. The molecule has 0 amide bonds. The number of fused-ring (bicyclic) bond motifs is 1. The van der Waals surface area contributed by atoms with Crippen molar-refractivity contribution in [1.29, 1.82) is 0 Å². The molecule has 3 rings (SSSR count). The summed E-state index contributed by atoms with van der Waals surface area (Å²) in [6.45, 7) is 1.87. The quantitative estimate of drug-likeness (QED) is 0.412. The second-order valence-electron chi connectivity index (χ2n) is 6.89. The Labute approximate surface area is 160 Å². The Morgan fingerprint density at radius 1 is 1.26 bits per heavy atom. The second-order valence-corrected chi connectivity index (χ2v) is 6.89. The fourth-order valence-corrected chi connectivity index (χ4v) is 3.61. The Morgan fingerprint density at radius 3 is 2.70 bits per heavy atom. The Bertz CT molecular complexity index is 822. The lowest BCUT2D eigenvalue weighted by molar-refractivity contribution is -0.140. The number of carbonyl (C=O) groups excluding carboxylic acids is 1. The largest absolute Gasteiger partial charge is 0.469 e. The van der Waals surface area contributed by atoms with E-state index in [9.17, 15) is 4.79 Å². The number of benzene rings is 2. The van der Waals surface area contributed by atoms with Gasteiger partial charge in [-0.05, 0) is 47.4 Å². The highest BCUT2D eigenvalue weighted by molar-refractivity contribution is 5.73. The highest BCUT2D eigenvalue weighted by Gasteiger charge is 2.21. The number of hydrogen-bond acceptors (Lipinski definition) is 6. The minimum atomic E-state index is -0.231. The summed E-state index contributed by atoms with van der Waals surface area (Å²) in [6, 6.07) is 12.5. The first-order chi connectivity index (χ1) is 13.0. The normalized spacial score (nSPS) is 14.3. The first-order valence-corrected chi connectivity index (χ1v) is 9.23. The van der Waals surface area contributed by atoms with Crippen LogP contribution in [0, 0.1) is 0 Å². The van der Waals surface area contributed by atoms with E-state index in [0.29, 0.717) is 5.69 Å². The lowest BCUT2D eigenvalue weighted by atomic mass is 9.85. The van der Waals surface area contributed by atoms with E-state index >= 15 is 0 Å². The smallest absolute Gasteiger partial charge is 0.306 e. The Kier molecular flexibility index (Phi) is 5.98. The molecule has 144 valence electrons. The number of methoxy groups -OCH3 is 1. The molecule has 6 heteroatoms. The summed E-state index contributed by atoms with van der Waals surface area (Å²) in [4.78, 5) is 12.1. The van der Waals surface area contributed by atoms with Crippen LogP contribution in [0.1, 0.15) is 34.6 Å². The Morgan fingerprint density at radius 2 is 2.00 bits per heavy atom. The zero-order valence-corrected chi connectivity index (χ0v) is 16.2. The van der Waals surface area contributed by atoms with Gasteiger partial charge in [0, 0.05) is 26.6 Å². The maximum Gasteiger partial charge on any atom is 0.306 e. The van der Waals surface area contributed by atoms with Crippen LogP contribution in [0.2, 0.25) is 0 Å². The predicted molar refractivity (Wildman–Crippen MR) is 109 cm³/mol. The third-order valence-electron chi connectivity index (χ3n) is 5.27. The molecule has 1 aliphatic heterocycles. The number of anilines is 2. The summed E-state index contributed by atoms with van der Waals surface area (Å²) < 4.78 is 4.95. The van der Waals surface area contributed by atoms with Gasteiger partial charge in [0.25, 0.3) is 0 Å². The van der Waals surface area contributed by atoms with Gasteiger partial charge in [-0.1, -0.05) is 24.3 Å². The molecule has 0 fully saturated rings. The fourth-order valence-electron chi connectivity index (χ4n) is 3.61. The SMILES string of the molecule is CNN(C)c1ccc(C(CC(=O)OC)c2ccc3c(c2)CNCC3)cc1N. The monoisotopic (exact) mass is 368 g/mol. The van der Waals surface area contributed by atoms with Gasteiger partial charge in [0.05, 0.1) is 24.9 Å². The van der Waals surface area contributed by atoms with Crippen molar-refractivity contribution < 1.29 is 9.53 Å². The van der Waals surface area contributed by atoms with Crippen molar-refractivity contribution in [1.82, 2.24) is 10.7 Å². The molecule has 0 spiro atoms. The van der Waals surface area contributed by atoms with Gasteiger partial charge < -0.3 is 20.8 Å². The zero-order valence-electron chi connectivity index (χ0n) is 16.2. The molecule has 2 aromatic carbocycles. The second kappa shape index (κ2) is 8.41. The number of hydrazine groups is 1. The molecule has 0 saturated heterocycles. The number of carbonyl (C=O) groups is 1. The molecule has 6 nitrogen and oxygen atoms in total. The summed E-state index contributed by atoms with van der Waals surface area (Å²) >= 11 is 0. The van der Waals surface area contributed by atoms with Crippen LogP contribution in [-0.2, 0) is 22.5 Å². The molecule has 1 heterocycles. The molecule has 0 aromatic heterocycles. The molecule has 0 saturated carbocycles. The lowest BCUT2D eigenvalue weighted by Crippen LogP contribution is -2.31. The van der Waals surface area contributed by atoms with Gasteiger partial charge in [-0.3, -0.25) is 4.79 Å². The summed E-state index contributed by atoms with van der Waals surface area (Å²) in [7, 11) is 5.18. The average molecular weight is 368 g/mol. The third-order valence-corrected chi connectivity index (χ3v) is 5.27. The van der Waals surface area contributed by atoms with E-state index in [1.54, 1.807) is 0 Å². The topological polar surface area (TPSA) is 79.6 Å². The van der Waals surface area contributed by atoms with Crippen LogP contribution in [0.3, 0.4) is 0 Å². The van der Waals surface area contributed by atoms with Crippen LogP contribution in [0.25, 0.3) is 0 Å². The minimum absolute atomic E-state index is 0.0964. The maximum absolute atomic E-state index is 12.1. The van der Waals surface area contributed by atoms with Crippen LogP contribution in [0.15, 0.2) is 36.4 Å². The summed E-state index contributed by atoms with van der Waals surface area (Å²) in [6.07, 6.45) is 1.32. The van der Waals surface area contributed by atoms with Gasteiger partial charge in [0.15, 0.2) is 0 Å². The number of rotatable bonds is 6. The van der Waals surface area contributed by atoms with E-state index in [-0.39, 0.29) is 18.3 Å². The Balaban J connectivity index is 1.99. The molecule has 1 aliphatic rings. The molecular formula is C21H28N4O2. The van der Waals surface area contributed by atoms with Crippen molar-refractivity contribution in [2.45, 2.75) is 25.3 Å². The van der Waals surface area contributed by atoms with E-state index in [1.165, 1.54) is 18.2 Å². The van der Waals surface area contributed by atoms with Gasteiger partial charge in [0.1, 0.15) is 0 Å². The number of nitrogens with one attached hydrogen (secondary N) is 2. The molecule has 0 bridgehead atoms. The number of ether oxygens (including phenoxy) is 1. The van der Waals surface area contributed by atoms with Gasteiger partial charge in [-0.25, -0.2) is 5.43 Å². The number of nitrogens with two attached hydrogens (primary N) is 1. The molecule has 4 N–H and O–H groups in total. The van der Waals surface area contributed by atoms with Crippen LogP contribution in [0.5, 0.6) is 0 Å². The zero-order chi connectivity index (χ0) is 19.4. The van der Waals surface area contributed by atoms with Crippen molar-refractivity contribution >= 4 is 17.3 Å². The predicted octanol–water partition coefficient (Wildman–Crippen LogP) is 2.18. The molecule has 2 aromatic rings. The molecule has 1 atom stereocenters. The van der Waals surface area contributed by atoms with Crippen LogP contribution in [0.4, 0.5) is 11.4 Å². The summed E-state index contributed by atoms with van der Waals surface area (Å²) in [5.74, 6) is -0.327. The van der Waals surface area contributed by atoms with Crippen LogP contribution < -0.4 is 21.5 Å². The standard InChI is InChI=1S/C21H28N4O2/c1-23-25(2)20-7-6-16(11-19(20)22)18(12-21(26)27-3)15-5-4-14-8-9-24-13-17(14)10-15/h4-7,10-11,18,23-24H,8-9,12-13,22H2,1-3H3. The van der Waals surface area contributed by atoms with Crippen molar-refractivity contribution in [3.8, 4) is 0 Å². The number of nitrogen functional groups attached to an aromatic ring is 1. The van der Waals surface area contributed by atoms with E-state index < -0.39 is 0 Å². The van der Waals surface area contributed by atoms with Gasteiger partial charge in [-0.2, -0.15) is 0 Å². The minimum Gasteiger partial charge on any atom is -0.469 e. The van der Waals surface area contributed by atoms with Gasteiger partial charge >= 0.3 is 5.97 Å². The molecular weight excluding hydrogens is 340 g/mol. The van der Waals surface area contributed by atoms with Crippen LogP contribution in [-0.4, -0.2) is 33.7 Å². The number of nitrogens with zero attached hydrogens (tertiary/aromatic N) is 1. The number of hydrogen-bond donors (Lipinski definition) is 3. The molecule has 27 heavy (non-hydrogen) atoms. The van der Waals surface area contributed by atoms with E-state index in [4.69, 9.17) is 10.5 Å². The Hall–Kier alpha value is -2.57. The van der Waals surface area contributed by atoms with Crippen molar-refractivity contribution in [3.63, 3.8) is 0 Å².